The van der Waals surface area contributed by atoms with Crippen molar-refractivity contribution in [2.24, 2.45) is 7.05 Å². The highest BCUT2D eigenvalue weighted by Gasteiger charge is 2.17. The van der Waals surface area contributed by atoms with Crippen molar-refractivity contribution in [1.29, 1.82) is 0 Å². The third-order valence-corrected chi connectivity index (χ3v) is 4.45. The molecule has 1 aromatic carbocycles. The minimum absolute atomic E-state index is 0.0595. The maximum absolute atomic E-state index is 12.1. The summed E-state index contributed by atoms with van der Waals surface area (Å²) >= 11 is 0. The van der Waals surface area contributed by atoms with E-state index in [2.05, 4.69) is 19.7 Å². The Bertz CT molecular complexity index is 989. The monoisotopic (exact) mass is 335 g/mol. The van der Waals surface area contributed by atoms with Crippen molar-refractivity contribution in [3.8, 4) is 0 Å². The first kappa shape index (κ1) is 15.2. The van der Waals surface area contributed by atoms with Gasteiger partial charge < -0.3 is 14.7 Å². The smallest absolute Gasteiger partial charge is 0.335 e. The number of aromatic nitrogens is 4. The molecular weight excluding hydrogens is 322 g/mol. The van der Waals surface area contributed by atoms with Crippen LogP contribution >= 0.6 is 0 Å². The fourth-order valence-electron chi connectivity index (χ4n) is 2.04. The van der Waals surface area contributed by atoms with Gasteiger partial charge in [-0.15, -0.1) is 0 Å². The maximum Gasteiger partial charge on any atom is 0.335 e. The molecule has 0 aliphatic heterocycles. The zero-order valence-electron chi connectivity index (χ0n) is 12.0. The molecule has 2 heterocycles. The van der Waals surface area contributed by atoms with Gasteiger partial charge in [0.1, 0.15) is 5.82 Å². The average molecular weight is 335 g/mol. The van der Waals surface area contributed by atoms with Crippen molar-refractivity contribution in [3.05, 3.63) is 42.1 Å². The van der Waals surface area contributed by atoms with Crippen LogP contribution in [0.3, 0.4) is 0 Å². The van der Waals surface area contributed by atoms with E-state index in [0.717, 1.165) is 0 Å². The van der Waals surface area contributed by atoms with Crippen LogP contribution in [0.4, 0.5) is 0 Å². The molecule has 3 aromatic rings. The van der Waals surface area contributed by atoms with Gasteiger partial charge in [-0.25, -0.2) is 27.9 Å². The first-order valence-electron chi connectivity index (χ1n) is 6.55. The lowest BCUT2D eigenvalue weighted by atomic mass is 10.2. The van der Waals surface area contributed by atoms with E-state index < -0.39 is 16.0 Å². The van der Waals surface area contributed by atoms with E-state index in [1.165, 1.54) is 29.2 Å². The number of aryl methyl sites for hydroxylation is 1. The number of benzene rings is 1. The Morgan fingerprint density at radius 2 is 2.22 bits per heavy atom. The summed E-state index contributed by atoms with van der Waals surface area (Å²) in [6, 6.07) is 4.45. The topological polar surface area (TPSA) is 130 Å². The van der Waals surface area contributed by atoms with E-state index in [1.54, 1.807) is 13.1 Å². The lowest BCUT2D eigenvalue weighted by Gasteiger charge is -2.01. The number of carboxylic acids is 1. The van der Waals surface area contributed by atoms with E-state index in [-0.39, 0.29) is 17.1 Å². The second-order valence-corrected chi connectivity index (χ2v) is 6.64. The SMILES string of the molecule is Cn1cnc(S(=O)(=O)NCc2nc3ccc(C(=O)O)cc3[nH]2)c1. The lowest BCUT2D eigenvalue weighted by molar-refractivity contribution is 0.0697. The Kier molecular flexibility index (Phi) is 3.62. The van der Waals surface area contributed by atoms with Gasteiger partial charge in [-0.05, 0) is 18.2 Å². The van der Waals surface area contributed by atoms with E-state index in [0.29, 0.717) is 16.9 Å². The number of sulfonamides is 1. The molecule has 3 N–H and O–H groups in total. The Hall–Kier alpha value is -2.72. The number of nitrogens with one attached hydrogen (secondary N) is 2. The molecule has 120 valence electrons. The quantitative estimate of drug-likeness (QED) is 0.621. The Morgan fingerprint density at radius 3 is 2.87 bits per heavy atom. The molecule has 10 heteroatoms. The number of aromatic carboxylic acids is 1. The molecule has 23 heavy (non-hydrogen) atoms. The lowest BCUT2D eigenvalue weighted by Crippen LogP contribution is -2.24. The van der Waals surface area contributed by atoms with Crippen LogP contribution in [0.5, 0.6) is 0 Å². The number of carboxylic acid groups (broad SMARTS) is 1. The van der Waals surface area contributed by atoms with Crippen LogP contribution in [-0.2, 0) is 23.6 Å². The van der Waals surface area contributed by atoms with Crippen LogP contribution in [0.1, 0.15) is 16.2 Å². The van der Waals surface area contributed by atoms with Crippen molar-refractivity contribution in [3.63, 3.8) is 0 Å². The zero-order valence-corrected chi connectivity index (χ0v) is 12.8. The van der Waals surface area contributed by atoms with Gasteiger partial charge in [0.05, 0.1) is 29.5 Å². The number of fused-ring (bicyclic) bond motifs is 1. The van der Waals surface area contributed by atoms with Gasteiger partial charge in [-0.3, -0.25) is 0 Å². The summed E-state index contributed by atoms with van der Waals surface area (Å²) in [5, 5.41) is 8.87. The fraction of sp³-hybridized carbons (Fsp3) is 0.154. The fourth-order valence-corrected chi connectivity index (χ4v) is 3.01. The van der Waals surface area contributed by atoms with E-state index in [1.807, 2.05) is 0 Å². The summed E-state index contributed by atoms with van der Waals surface area (Å²) in [4.78, 5) is 21.8. The minimum Gasteiger partial charge on any atom is -0.478 e. The number of H-pyrrole nitrogens is 1. The summed E-state index contributed by atoms with van der Waals surface area (Å²) in [5.41, 5.74) is 1.21. The predicted octanol–water partition coefficient (Wildman–Crippen LogP) is 0.473. The second-order valence-electron chi connectivity index (χ2n) is 4.92. The molecule has 2 aromatic heterocycles. The summed E-state index contributed by atoms with van der Waals surface area (Å²) in [5.74, 6) is -0.666. The Balaban J connectivity index is 1.80. The average Bonchev–Trinajstić information content (AvgIpc) is 3.10. The predicted molar refractivity (Wildman–Crippen MR) is 80.3 cm³/mol. The molecule has 9 nitrogen and oxygen atoms in total. The first-order valence-corrected chi connectivity index (χ1v) is 8.03. The third-order valence-electron chi connectivity index (χ3n) is 3.16. The van der Waals surface area contributed by atoms with Gasteiger partial charge in [-0.2, -0.15) is 0 Å². The van der Waals surface area contributed by atoms with Gasteiger partial charge in [0.25, 0.3) is 10.0 Å². The van der Waals surface area contributed by atoms with Gasteiger partial charge >= 0.3 is 5.97 Å². The van der Waals surface area contributed by atoms with Crippen molar-refractivity contribution in [2.45, 2.75) is 11.6 Å². The van der Waals surface area contributed by atoms with Crippen LogP contribution in [-0.4, -0.2) is 39.0 Å². The van der Waals surface area contributed by atoms with Gasteiger partial charge in [0, 0.05) is 13.2 Å². The molecule has 0 radical (unpaired) electrons. The van der Waals surface area contributed by atoms with Crippen molar-refractivity contribution in [1.82, 2.24) is 24.2 Å². The molecule has 0 saturated carbocycles. The summed E-state index contributed by atoms with van der Waals surface area (Å²) in [6.07, 6.45) is 2.78. The number of carbonyl (C=O) groups is 1. The number of imidazole rings is 2. The van der Waals surface area contributed by atoms with Crippen molar-refractivity contribution in [2.75, 3.05) is 0 Å². The molecule has 0 amide bonds. The summed E-state index contributed by atoms with van der Waals surface area (Å²) in [7, 11) is -2.06. The molecule has 0 bridgehead atoms. The van der Waals surface area contributed by atoms with Crippen molar-refractivity contribution >= 4 is 27.0 Å². The molecule has 0 saturated heterocycles. The maximum atomic E-state index is 12.1. The van der Waals surface area contributed by atoms with E-state index in [4.69, 9.17) is 5.11 Å². The zero-order chi connectivity index (χ0) is 16.6. The van der Waals surface area contributed by atoms with E-state index >= 15 is 0 Å². The number of hydrogen-bond donors (Lipinski definition) is 3. The van der Waals surface area contributed by atoms with Crippen LogP contribution in [0.2, 0.25) is 0 Å². The van der Waals surface area contributed by atoms with Crippen LogP contribution in [0.25, 0.3) is 11.0 Å². The molecule has 0 aliphatic carbocycles. The van der Waals surface area contributed by atoms with Crippen LogP contribution in [0, 0.1) is 0 Å². The molecular formula is C13H13N5O4S. The minimum atomic E-state index is -3.73. The normalized spacial score (nSPS) is 11.9. The highest BCUT2D eigenvalue weighted by molar-refractivity contribution is 7.89. The Morgan fingerprint density at radius 1 is 1.43 bits per heavy atom. The van der Waals surface area contributed by atoms with Crippen molar-refractivity contribution < 1.29 is 18.3 Å². The summed E-state index contributed by atoms with van der Waals surface area (Å²) < 4.78 is 28.1. The second kappa shape index (κ2) is 5.48. The van der Waals surface area contributed by atoms with Gasteiger partial charge in [-0.1, -0.05) is 0 Å². The summed E-state index contributed by atoms with van der Waals surface area (Å²) in [6.45, 7) is -0.0595. The largest absolute Gasteiger partial charge is 0.478 e. The molecule has 0 spiro atoms. The molecule has 0 fully saturated rings. The number of nitrogens with zero attached hydrogens (tertiary/aromatic N) is 3. The molecule has 0 atom stereocenters. The van der Waals surface area contributed by atoms with Gasteiger partial charge in [0.15, 0.2) is 5.03 Å². The number of rotatable bonds is 5. The number of aromatic amines is 1. The third kappa shape index (κ3) is 3.07. The van der Waals surface area contributed by atoms with E-state index in [9.17, 15) is 13.2 Å². The molecule has 0 unspecified atom stereocenters. The van der Waals surface area contributed by atoms with Crippen LogP contribution < -0.4 is 4.72 Å². The first-order chi connectivity index (χ1) is 10.8. The van der Waals surface area contributed by atoms with Gasteiger partial charge in [0.2, 0.25) is 0 Å². The standard InChI is InChI=1S/C13H13N5O4S/c1-18-6-12(14-7-18)23(21,22)15-5-11-16-9-3-2-8(13(19)20)4-10(9)17-11/h2-4,6-7,15H,5H2,1H3,(H,16,17)(H,19,20). The molecule has 3 rings (SSSR count). The van der Waals surface area contributed by atoms with Crippen LogP contribution in [0.15, 0.2) is 35.7 Å². The number of hydrogen-bond acceptors (Lipinski definition) is 5. The highest BCUT2D eigenvalue weighted by Crippen LogP contribution is 2.14. The Labute approximate surface area is 131 Å². The molecule has 0 aliphatic rings. The highest BCUT2D eigenvalue weighted by atomic mass is 32.2.